The number of piperidine rings is 1. The average molecular weight is 275 g/mol. The van der Waals surface area contributed by atoms with Crippen LogP contribution in [0.1, 0.15) is 12.8 Å². The highest BCUT2D eigenvalue weighted by atomic mass is 16.2. The number of hydrogen-bond acceptors (Lipinski definition) is 5. The summed E-state index contributed by atoms with van der Waals surface area (Å²) in [5.74, 6) is 0.146. The summed E-state index contributed by atoms with van der Waals surface area (Å²) < 4.78 is 0. The summed E-state index contributed by atoms with van der Waals surface area (Å²) in [6, 6.07) is 4.50. The Hall–Kier alpha value is -1.66. The highest BCUT2D eigenvalue weighted by Gasteiger charge is 2.24. The van der Waals surface area contributed by atoms with E-state index < -0.39 is 0 Å². The summed E-state index contributed by atoms with van der Waals surface area (Å²) >= 11 is 0. The van der Waals surface area contributed by atoms with Gasteiger partial charge in [0, 0.05) is 50.3 Å². The fourth-order valence-corrected chi connectivity index (χ4v) is 2.78. The summed E-state index contributed by atoms with van der Waals surface area (Å²) in [6.45, 7) is 4.10. The zero-order valence-corrected chi connectivity index (χ0v) is 11.6. The zero-order chi connectivity index (χ0) is 13.8. The fraction of sp³-hybridized carbons (Fsp3) is 0.571. The average Bonchev–Trinajstić information content (AvgIpc) is 2.51. The Balaban J connectivity index is 1.50. The van der Waals surface area contributed by atoms with Crippen molar-refractivity contribution in [2.24, 2.45) is 0 Å². The van der Waals surface area contributed by atoms with Gasteiger partial charge < -0.3 is 10.2 Å². The molecule has 20 heavy (non-hydrogen) atoms. The molecule has 1 aromatic heterocycles. The fourth-order valence-electron chi connectivity index (χ4n) is 2.78. The van der Waals surface area contributed by atoms with Gasteiger partial charge in [-0.05, 0) is 25.0 Å². The van der Waals surface area contributed by atoms with E-state index in [-0.39, 0.29) is 5.91 Å². The summed E-state index contributed by atoms with van der Waals surface area (Å²) in [6.07, 6.45) is 5.78. The van der Waals surface area contributed by atoms with Crippen molar-refractivity contribution in [2.45, 2.75) is 18.9 Å². The van der Waals surface area contributed by atoms with Gasteiger partial charge >= 0.3 is 0 Å². The molecule has 0 aromatic carbocycles. The summed E-state index contributed by atoms with van der Waals surface area (Å²) in [5.41, 5.74) is 4.62. The van der Waals surface area contributed by atoms with E-state index in [9.17, 15) is 4.79 Å². The van der Waals surface area contributed by atoms with Crippen LogP contribution >= 0.6 is 0 Å². The lowest BCUT2D eigenvalue weighted by Gasteiger charge is -2.37. The monoisotopic (exact) mass is 275 g/mol. The molecule has 2 aliphatic heterocycles. The Morgan fingerprint density at radius 2 is 1.95 bits per heavy atom. The zero-order valence-electron chi connectivity index (χ0n) is 11.6. The van der Waals surface area contributed by atoms with Crippen LogP contribution in [-0.4, -0.2) is 54.7 Å². The SMILES string of the molecule is O=C1CNCCN1NC1CCN(c2ccncc2)CC1. The van der Waals surface area contributed by atoms with Gasteiger partial charge in [0.25, 0.3) is 5.91 Å². The van der Waals surface area contributed by atoms with Gasteiger partial charge in [-0.25, -0.2) is 5.43 Å². The molecule has 2 fully saturated rings. The van der Waals surface area contributed by atoms with Crippen LogP contribution in [0.5, 0.6) is 0 Å². The predicted octanol–water partition coefficient (Wildman–Crippen LogP) is -0.0132. The van der Waals surface area contributed by atoms with E-state index in [1.807, 2.05) is 24.5 Å². The lowest BCUT2D eigenvalue weighted by molar-refractivity contribution is -0.136. The van der Waals surface area contributed by atoms with Crippen molar-refractivity contribution in [3.05, 3.63) is 24.5 Å². The molecule has 108 valence electrons. The minimum absolute atomic E-state index is 0.146. The smallest absolute Gasteiger partial charge is 0.250 e. The molecule has 0 unspecified atom stereocenters. The first-order valence-corrected chi connectivity index (χ1v) is 7.25. The van der Waals surface area contributed by atoms with Crippen LogP contribution < -0.4 is 15.6 Å². The molecule has 0 atom stereocenters. The van der Waals surface area contributed by atoms with E-state index >= 15 is 0 Å². The largest absolute Gasteiger partial charge is 0.371 e. The third-order valence-electron chi connectivity index (χ3n) is 3.95. The second-order valence-electron chi connectivity index (χ2n) is 5.32. The number of carbonyl (C=O) groups is 1. The Kier molecular flexibility index (Phi) is 4.13. The molecule has 0 saturated carbocycles. The maximum Gasteiger partial charge on any atom is 0.250 e. The quantitative estimate of drug-likeness (QED) is 0.812. The number of rotatable bonds is 3. The molecule has 0 radical (unpaired) electrons. The number of piperazine rings is 1. The van der Waals surface area contributed by atoms with Crippen LogP contribution in [-0.2, 0) is 4.79 Å². The summed E-state index contributed by atoms with van der Waals surface area (Å²) in [5, 5.41) is 4.87. The van der Waals surface area contributed by atoms with E-state index in [0.29, 0.717) is 12.6 Å². The lowest BCUT2D eigenvalue weighted by atomic mass is 10.1. The highest BCUT2D eigenvalue weighted by molar-refractivity contribution is 5.78. The normalized spacial score (nSPS) is 21.3. The third-order valence-corrected chi connectivity index (χ3v) is 3.95. The van der Waals surface area contributed by atoms with Gasteiger partial charge in [0.15, 0.2) is 0 Å². The van der Waals surface area contributed by atoms with Crippen LogP contribution in [0.4, 0.5) is 5.69 Å². The molecule has 2 aliphatic rings. The number of amides is 1. The van der Waals surface area contributed by atoms with Crippen molar-refractivity contribution in [2.75, 3.05) is 37.6 Å². The van der Waals surface area contributed by atoms with Gasteiger partial charge in [0.05, 0.1) is 6.54 Å². The van der Waals surface area contributed by atoms with Crippen molar-refractivity contribution in [3.8, 4) is 0 Å². The summed E-state index contributed by atoms with van der Waals surface area (Å²) in [7, 11) is 0. The van der Waals surface area contributed by atoms with Crippen molar-refractivity contribution < 1.29 is 4.79 Å². The maximum atomic E-state index is 11.7. The standard InChI is InChI=1S/C14H21N5O/c20-14-11-16-7-10-19(14)17-12-3-8-18(9-4-12)13-1-5-15-6-2-13/h1-2,5-6,12,16-17H,3-4,7-11H2. The van der Waals surface area contributed by atoms with Gasteiger partial charge in [-0.15, -0.1) is 0 Å². The second-order valence-corrected chi connectivity index (χ2v) is 5.32. The second kappa shape index (κ2) is 6.19. The van der Waals surface area contributed by atoms with Crippen LogP contribution in [0.15, 0.2) is 24.5 Å². The number of anilines is 1. The van der Waals surface area contributed by atoms with Crippen molar-refractivity contribution >= 4 is 11.6 Å². The number of aromatic nitrogens is 1. The third kappa shape index (κ3) is 3.08. The first-order valence-electron chi connectivity index (χ1n) is 7.25. The molecule has 2 saturated heterocycles. The van der Waals surface area contributed by atoms with Gasteiger partial charge in [-0.1, -0.05) is 0 Å². The molecule has 1 aromatic rings. The van der Waals surface area contributed by atoms with E-state index in [1.54, 1.807) is 5.01 Å². The van der Waals surface area contributed by atoms with Crippen LogP contribution in [0, 0.1) is 0 Å². The molecule has 3 rings (SSSR count). The molecular formula is C14H21N5O. The van der Waals surface area contributed by atoms with Gasteiger partial charge in [0.1, 0.15) is 0 Å². The van der Waals surface area contributed by atoms with Crippen LogP contribution in [0.3, 0.4) is 0 Å². The number of pyridine rings is 1. The minimum Gasteiger partial charge on any atom is -0.371 e. The number of hydrogen-bond donors (Lipinski definition) is 2. The molecule has 6 heteroatoms. The minimum atomic E-state index is 0.146. The Morgan fingerprint density at radius 3 is 2.65 bits per heavy atom. The van der Waals surface area contributed by atoms with Crippen LogP contribution in [0.25, 0.3) is 0 Å². The molecule has 0 spiro atoms. The number of hydrazine groups is 1. The molecule has 0 aliphatic carbocycles. The number of nitrogens with one attached hydrogen (secondary N) is 2. The molecule has 3 heterocycles. The van der Waals surface area contributed by atoms with E-state index in [2.05, 4.69) is 20.6 Å². The molecule has 0 bridgehead atoms. The van der Waals surface area contributed by atoms with Gasteiger partial charge in [-0.2, -0.15) is 0 Å². The van der Waals surface area contributed by atoms with E-state index in [4.69, 9.17) is 0 Å². The highest BCUT2D eigenvalue weighted by Crippen LogP contribution is 2.19. The Bertz CT molecular complexity index is 444. The molecule has 2 N–H and O–H groups in total. The van der Waals surface area contributed by atoms with Gasteiger partial charge in [-0.3, -0.25) is 14.8 Å². The van der Waals surface area contributed by atoms with E-state index in [0.717, 1.165) is 39.0 Å². The number of carbonyl (C=O) groups excluding carboxylic acids is 1. The molecule has 1 amide bonds. The van der Waals surface area contributed by atoms with E-state index in [1.165, 1.54) is 5.69 Å². The van der Waals surface area contributed by atoms with Gasteiger partial charge in [0.2, 0.25) is 0 Å². The maximum absolute atomic E-state index is 11.7. The molecular weight excluding hydrogens is 254 g/mol. The predicted molar refractivity (Wildman–Crippen MR) is 77.2 cm³/mol. The summed E-state index contributed by atoms with van der Waals surface area (Å²) in [4.78, 5) is 18.2. The van der Waals surface area contributed by atoms with Crippen LogP contribution in [0.2, 0.25) is 0 Å². The van der Waals surface area contributed by atoms with Crippen molar-refractivity contribution in [1.82, 2.24) is 20.7 Å². The first-order chi connectivity index (χ1) is 9.83. The van der Waals surface area contributed by atoms with Crippen molar-refractivity contribution in [3.63, 3.8) is 0 Å². The topological polar surface area (TPSA) is 60.5 Å². The first kappa shape index (κ1) is 13.3. The Labute approximate surface area is 119 Å². The molecule has 6 nitrogen and oxygen atoms in total. The number of nitrogens with zero attached hydrogens (tertiary/aromatic N) is 3. The van der Waals surface area contributed by atoms with Crippen molar-refractivity contribution in [1.29, 1.82) is 0 Å². The Morgan fingerprint density at radius 1 is 1.20 bits per heavy atom. The lowest BCUT2D eigenvalue weighted by Crippen LogP contribution is -2.58.